The fourth-order valence-corrected chi connectivity index (χ4v) is 2.16. The number of carbonyl (C=O) groups excluding carboxylic acids is 1. The quantitative estimate of drug-likeness (QED) is 0.767. The summed E-state index contributed by atoms with van der Waals surface area (Å²) >= 11 is 0. The predicted octanol–water partition coefficient (Wildman–Crippen LogP) is 1.45. The van der Waals surface area contributed by atoms with Crippen LogP contribution in [0.3, 0.4) is 0 Å². The molecule has 0 aromatic carbocycles. The van der Waals surface area contributed by atoms with E-state index in [9.17, 15) is 9.59 Å². The van der Waals surface area contributed by atoms with Gasteiger partial charge in [-0.3, -0.25) is 4.79 Å². The Labute approximate surface area is 114 Å². The van der Waals surface area contributed by atoms with Crippen LogP contribution in [0, 0.1) is 0 Å². The van der Waals surface area contributed by atoms with Crippen molar-refractivity contribution in [3.05, 3.63) is 0 Å². The van der Waals surface area contributed by atoms with Crippen molar-refractivity contribution in [2.75, 3.05) is 13.2 Å². The number of hydrogen-bond acceptors (Lipinski definition) is 3. The second-order valence-electron chi connectivity index (χ2n) is 5.21. The van der Waals surface area contributed by atoms with E-state index in [0.29, 0.717) is 19.6 Å². The normalized spacial score (nSPS) is 22.5. The van der Waals surface area contributed by atoms with Crippen LogP contribution in [0.15, 0.2) is 0 Å². The van der Waals surface area contributed by atoms with Gasteiger partial charge in [0.25, 0.3) is 0 Å². The molecule has 2 atom stereocenters. The molecule has 1 saturated heterocycles. The summed E-state index contributed by atoms with van der Waals surface area (Å²) < 4.78 is 5.41. The lowest BCUT2D eigenvalue weighted by molar-refractivity contribution is -0.137. The Morgan fingerprint density at radius 3 is 2.63 bits per heavy atom. The molecule has 1 aliphatic heterocycles. The lowest BCUT2D eigenvalue weighted by atomic mass is 10.1. The van der Waals surface area contributed by atoms with Crippen molar-refractivity contribution in [1.29, 1.82) is 0 Å². The Morgan fingerprint density at radius 2 is 2.16 bits per heavy atom. The van der Waals surface area contributed by atoms with E-state index < -0.39 is 5.97 Å². The van der Waals surface area contributed by atoms with Crippen molar-refractivity contribution >= 4 is 12.0 Å². The second kappa shape index (κ2) is 7.33. The number of ether oxygens (including phenoxy) is 1. The Morgan fingerprint density at radius 1 is 1.47 bits per heavy atom. The summed E-state index contributed by atoms with van der Waals surface area (Å²) in [5.41, 5.74) is 0. The molecule has 0 aromatic heterocycles. The Balaban J connectivity index is 2.45. The second-order valence-corrected chi connectivity index (χ2v) is 5.21. The molecule has 6 heteroatoms. The maximum atomic E-state index is 12.2. The van der Waals surface area contributed by atoms with Crippen LogP contribution in [-0.2, 0) is 9.53 Å². The molecule has 0 aliphatic carbocycles. The van der Waals surface area contributed by atoms with E-state index in [1.165, 1.54) is 0 Å². The number of carbonyl (C=O) groups is 2. The maximum absolute atomic E-state index is 12.2. The van der Waals surface area contributed by atoms with Gasteiger partial charge in [0.1, 0.15) is 0 Å². The van der Waals surface area contributed by atoms with Gasteiger partial charge in [0.05, 0.1) is 12.1 Å². The fraction of sp³-hybridized carbons (Fsp3) is 0.846. The summed E-state index contributed by atoms with van der Waals surface area (Å²) in [4.78, 5) is 24.4. The molecule has 19 heavy (non-hydrogen) atoms. The van der Waals surface area contributed by atoms with Crippen LogP contribution in [-0.4, -0.2) is 53.3 Å². The van der Waals surface area contributed by atoms with Crippen LogP contribution in [0.1, 0.15) is 40.0 Å². The number of carboxylic acid groups (broad SMARTS) is 1. The number of amides is 2. The van der Waals surface area contributed by atoms with Crippen LogP contribution in [0.25, 0.3) is 0 Å². The molecule has 0 spiro atoms. The molecule has 1 fully saturated rings. The van der Waals surface area contributed by atoms with E-state index in [1.54, 1.807) is 4.90 Å². The van der Waals surface area contributed by atoms with Crippen LogP contribution in [0.5, 0.6) is 0 Å². The highest BCUT2D eigenvalue weighted by Gasteiger charge is 2.28. The van der Waals surface area contributed by atoms with Crippen molar-refractivity contribution in [1.82, 2.24) is 10.2 Å². The smallest absolute Gasteiger partial charge is 0.317 e. The van der Waals surface area contributed by atoms with Gasteiger partial charge in [0, 0.05) is 25.6 Å². The standard InChI is InChI=1S/C13H24N2O4/c1-9(2)15(7-4-5-12(16)17)13(18)14-11-6-8-19-10(11)3/h9-11H,4-8H2,1-3H3,(H,14,18)(H,16,17). The zero-order chi connectivity index (χ0) is 14.4. The molecule has 1 rings (SSSR count). The van der Waals surface area contributed by atoms with Crippen molar-refractivity contribution < 1.29 is 19.4 Å². The molecule has 2 N–H and O–H groups in total. The molecule has 0 saturated carbocycles. The number of rotatable bonds is 6. The first-order valence-electron chi connectivity index (χ1n) is 6.82. The van der Waals surface area contributed by atoms with Gasteiger partial charge in [-0.05, 0) is 33.6 Å². The maximum Gasteiger partial charge on any atom is 0.317 e. The van der Waals surface area contributed by atoms with E-state index in [4.69, 9.17) is 9.84 Å². The van der Waals surface area contributed by atoms with E-state index in [1.807, 2.05) is 20.8 Å². The highest BCUT2D eigenvalue weighted by Crippen LogP contribution is 2.13. The van der Waals surface area contributed by atoms with Crippen LogP contribution in [0.4, 0.5) is 4.79 Å². The average Bonchev–Trinajstić information content (AvgIpc) is 2.69. The lowest BCUT2D eigenvalue weighted by Gasteiger charge is -2.29. The minimum Gasteiger partial charge on any atom is -0.481 e. The number of nitrogens with zero attached hydrogens (tertiary/aromatic N) is 1. The van der Waals surface area contributed by atoms with E-state index >= 15 is 0 Å². The van der Waals surface area contributed by atoms with Gasteiger partial charge in [-0.2, -0.15) is 0 Å². The number of carboxylic acids is 1. The van der Waals surface area contributed by atoms with E-state index in [2.05, 4.69) is 5.32 Å². The highest BCUT2D eigenvalue weighted by atomic mass is 16.5. The van der Waals surface area contributed by atoms with Crippen molar-refractivity contribution in [2.24, 2.45) is 0 Å². The van der Waals surface area contributed by atoms with Crippen molar-refractivity contribution in [2.45, 2.75) is 58.2 Å². The van der Waals surface area contributed by atoms with Gasteiger partial charge in [-0.25, -0.2) is 4.79 Å². The zero-order valence-corrected chi connectivity index (χ0v) is 11.9. The molecule has 1 aliphatic rings. The molecule has 110 valence electrons. The first kappa shape index (κ1) is 15.8. The van der Waals surface area contributed by atoms with Crippen molar-refractivity contribution in [3.8, 4) is 0 Å². The molecule has 0 bridgehead atoms. The molecular weight excluding hydrogens is 248 g/mol. The first-order chi connectivity index (χ1) is 8.91. The van der Waals surface area contributed by atoms with Gasteiger partial charge < -0.3 is 20.1 Å². The van der Waals surface area contributed by atoms with Gasteiger partial charge in [0.2, 0.25) is 0 Å². The lowest BCUT2D eigenvalue weighted by Crippen LogP contribution is -2.49. The first-order valence-corrected chi connectivity index (χ1v) is 6.82. The summed E-state index contributed by atoms with van der Waals surface area (Å²) in [6, 6.07) is -0.0395. The number of urea groups is 1. The Bertz CT molecular complexity index is 320. The highest BCUT2D eigenvalue weighted by molar-refractivity contribution is 5.75. The predicted molar refractivity (Wildman–Crippen MR) is 71.1 cm³/mol. The monoisotopic (exact) mass is 272 g/mol. The minimum atomic E-state index is -0.832. The number of nitrogens with one attached hydrogen (secondary N) is 1. The third-order valence-electron chi connectivity index (χ3n) is 3.36. The molecular formula is C13H24N2O4. The topological polar surface area (TPSA) is 78.9 Å². The number of aliphatic carboxylic acids is 1. The molecule has 0 radical (unpaired) electrons. The summed E-state index contributed by atoms with van der Waals surface area (Å²) in [5.74, 6) is -0.832. The molecule has 0 aromatic rings. The zero-order valence-electron chi connectivity index (χ0n) is 11.9. The molecule has 2 unspecified atom stereocenters. The van der Waals surface area contributed by atoms with Crippen LogP contribution >= 0.6 is 0 Å². The van der Waals surface area contributed by atoms with Crippen LogP contribution in [0.2, 0.25) is 0 Å². The fourth-order valence-electron chi connectivity index (χ4n) is 2.16. The SMILES string of the molecule is CC1OCCC1NC(=O)N(CCCC(=O)O)C(C)C. The van der Waals surface area contributed by atoms with Gasteiger partial charge in [-0.1, -0.05) is 0 Å². The van der Waals surface area contributed by atoms with Crippen LogP contribution < -0.4 is 5.32 Å². The third kappa shape index (κ3) is 5.06. The molecule has 6 nitrogen and oxygen atoms in total. The van der Waals surface area contributed by atoms with Gasteiger partial charge in [-0.15, -0.1) is 0 Å². The van der Waals surface area contributed by atoms with Gasteiger partial charge in [0.15, 0.2) is 0 Å². The summed E-state index contributed by atoms with van der Waals surface area (Å²) in [7, 11) is 0. The summed E-state index contributed by atoms with van der Waals surface area (Å²) in [5, 5.41) is 11.6. The third-order valence-corrected chi connectivity index (χ3v) is 3.36. The summed E-state index contributed by atoms with van der Waals surface area (Å²) in [6.45, 7) is 6.93. The summed E-state index contributed by atoms with van der Waals surface area (Å²) in [6.07, 6.45) is 1.42. The average molecular weight is 272 g/mol. The molecule has 1 heterocycles. The Kier molecular flexibility index (Phi) is 6.08. The molecule has 2 amide bonds. The van der Waals surface area contributed by atoms with E-state index in [0.717, 1.165) is 6.42 Å². The van der Waals surface area contributed by atoms with E-state index in [-0.39, 0.29) is 30.6 Å². The number of hydrogen-bond donors (Lipinski definition) is 2. The minimum absolute atomic E-state index is 0.0389. The van der Waals surface area contributed by atoms with Crippen molar-refractivity contribution in [3.63, 3.8) is 0 Å². The largest absolute Gasteiger partial charge is 0.481 e. The van der Waals surface area contributed by atoms with Gasteiger partial charge >= 0.3 is 12.0 Å². The Hall–Kier alpha value is -1.30.